The van der Waals surface area contributed by atoms with Crippen LogP contribution in [0.4, 0.5) is 8.78 Å². The predicted octanol–water partition coefficient (Wildman–Crippen LogP) is 4.73. The Bertz CT molecular complexity index is 723. The summed E-state index contributed by atoms with van der Waals surface area (Å²) < 4.78 is 27.3. The number of rotatable bonds is 4. The largest absolute Gasteiger partial charge is 0.325 e. The van der Waals surface area contributed by atoms with Gasteiger partial charge < -0.3 is 4.90 Å². The molecule has 2 aromatic carbocycles. The van der Waals surface area contributed by atoms with Crippen molar-refractivity contribution in [1.82, 2.24) is 4.90 Å². The highest BCUT2D eigenvalue weighted by atomic mass is 32.2. The van der Waals surface area contributed by atoms with Crippen LogP contribution in [-0.4, -0.2) is 23.1 Å². The van der Waals surface area contributed by atoms with Crippen molar-refractivity contribution in [3.63, 3.8) is 0 Å². The molecule has 0 spiro atoms. The quantitative estimate of drug-likeness (QED) is 0.797. The lowest BCUT2D eigenvalue weighted by molar-refractivity contribution is -0.133. The van der Waals surface area contributed by atoms with Crippen LogP contribution in [0.15, 0.2) is 48.5 Å². The maximum Gasteiger partial charge on any atom is 0.231 e. The Morgan fingerprint density at radius 2 is 2.00 bits per heavy atom. The lowest BCUT2D eigenvalue weighted by Crippen LogP contribution is -2.34. The lowest BCUT2D eigenvalue weighted by atomic mass is 9.95. The first-order valence-corrected chi connectivity index (χ1v) is 9.08. The smallest absolute Gasteiger partial charge is 0.231 e. The van der Waals surface area contributed by atoms with Gasteiger partial charge >= 0.3 is 0 Å². The summed E-state index contributed by atoms with van der Waals surface area (Å²) in [6.07, 6.45) is 0.683. The van der Waals surface area contributed by atoms with Crippen molar-refractivity contribution < 1.29 is 13.6 Å². The molecule has 2 atom stereocenters. The third-order valence-corrected chi connectivity index (χ3v) is 5.55. The van der Waals surface area contributed by atoms with E-state index >= 15 is 0 Å². The number of hydrogen-bond acceptors (Lipinski definition) is 2. The molecule has 0 saturated carbocycles. The van der Waals surface area contributed by atoms with Gasteiger partial charge in [-0.25, -0.2) is 8.78 Å². The van der Waals surface area contributed by atoms with Crippen LogP contribution in [0, 0.1) is 11.6 Å². The zero-order chi connectivity index (χ0) is 17.1. The summed E-state index contributed by atoms with van der Waals surface area (Å²) >= 11 is 1.52. The number of carbonyl (C=O) groups excluding carboxylic acids is 1. The van der Waals surface area contributed by atoms with Gasteiger partial charge in [-0.2, -0.15) is 0 Å². The molecule has 0 aliphatic carbocycles. The van der Waals surface area contributed by atoms with Crippen molar-refractivity contribution in [2.75, 3.05) is 12.3 Å². The van der Waals surface area contributed by atoms with Crippen LogP contribution in [0.1, 0.15) is 35.8 Å². The fraction of sp³-hybridized carbons (Fsp3) is 0.316. The Balaban J connectivity index is 1.88. The standard InChI is InChI=1S/C19H19F2NOS/c1-2-15(13-6-4-3-5-7-13)18(23)22-10-11-24-19(22)16-9-8-14(20)12-17(16)21/h3-9,12,15,19H,2,10-11H2,1H3. The molecule has 24 heavy (non-hydrogen) atoms. The molecule has 0 radical (unpaired) electrons. The van der Waals surface area contributed by atoms with Crippen LogP contribution in [0.3, 0.4) is 0 Å². The highest BCUT2D eigenvalue weighted by Gasteiger charge is 2.35. The molecule has 1 aliphatic heterocycles. The average Bonchev–Trinajstić information content (AvgIpc) is 3.06. The minimum absolute atomic E-state index is 0.00225. The van der Waals surface area contributed by atoms with Crippen LogP contribution in [0.2, 0.25) is 0 Å². The Morgan fingerprint density at radius 3 is 2.67 bits per heavy atom. The second-order valence-electron chi connectivity index (χ2n) is 5.79. The first kappa shape index (κ1) is 17.0. The summed E-state index contributed by atoms with van der Waals surface area (Å²) in [4.78, 5) is 14.8. The molecule has 2 aromatic rings. The normalized spacial score (nSPS) is 18.6. The van der Waals surface area contributed by atoms with E-state index in [9.17, 15) is 13.6 Å². The molecular weight excluding hydrogens is 328 g/mol. The summed E-state index contributed by atoms with van der Waals surface area (Å²) in [5.41, 5.74) is 1.34. The summed E-state index contributed by atoms with van der Waals surface area (Å²) in [5, 5.41) is -0.393. The monoisotopic (exact) mass is 347 g/mol. The van der Waals surface area contributed by atoms with Gasteiger partial charge in [0.1, 0.15) is 17.0 Å². The van der Waals surface area contributed by atoms with E-state index in [1.807, 2.05) is 37.3 Å². The maximum atomic E-state index is 14.2. The van der Waals surface area contributed by atoms with Crippen molar-refractivity contribution >= 4 is 17.7 Å². The van der Waals surface area contributed by atoms with E-state index in [1.165, 1.54) is 23.9 Å². The van der Waals surface area contributed by atoms with Gasteiger partial charge in [-0.3, -0.25) is 4.79 Å². The zero-order valence-corrected chi connectivity index (χ0v) is 14.2. The van der Waals surface area contributed by atoms with Crippen molar-refractivity contribution in [3.05, 3.63) is 71.3 Å². The topological polar surface area (TPSA) is 20.3 Å². The van der Waals surface area contributed by atoms with E-state index in [1.54, 1.807) is 4.90 Å². The number of thioether (sulfide) groups is 1. The van der Waals surface area contributed by atoms with Gasteiger partial charge in [0.05, 0.1) is 5.92 Å². The molecular formula is C19H19F2NOS. The lowest BCUT2D eigenvalue weighted by Gasteiger charge is -2.28. The number of hydrogen-bond donors (Lipinski definition) is 0. The SMILES string of the molecule is CCC(C(=O)N1CCSC1c1ccc(F)cc1F)c1ccccc1. The van der Waals surface area contributed by atoms with Gasteiger partial charge in [0.2, 0.25) is 5.91 Å². The maximum absolute atomic E-state index is 14.2. The molecule has 3 rings (SSSR count). The minimum atomic E-state index is -0.604. The molecule has 1 heterocycles. The van der Waals surface area contributed by atoms with Gasteiger partial charge in [0, 0.05) is 23.9 Å². The van der Waals surface area contributed by atoms with Gasteiger partial charge in [-0.15, -0.1) is 11.8 Å². The van der Waals surface area contributed by atoms with Gasteiger partial charge in [-0.05, 0) is 18.1 Å². The predicted molar refractivity (Wildman–Crippen MR) is 92.7 cm³/mol. The summed E-state index contributed by atoms with van der Waals surface area (Å²) in [6, 6.07) is 13.2. The molecule has 1 amide bonds. The second-order valence-corrected chi connectivity index (χ2v) is 6.98. The van der Waals surface area contributed by atoms with E-state index < -0.39 is 17.0 Å². The van der Waals surface area contributed by atoms with Crippen LogP contribution in [-0.2, 0) is 4.79 Å². The fourth-order valence-corrected chi connectivity index (χ4v) is 4.38. The Kier molecular flexibility index (Phi) is 5.19. The van der Waals surface area contributed by atoms with Crippen molar-refractivity contribution in [1.29, 1.82) is 0 Å². The van der Waals surface area contributed by atoms with Crippen molar-refractivity contribution in [2.45, 2.75) is 24.6 Å². The molecule has 5 heteroatoms. The average molecular weight is 347 g/mol. The third-order valence-electron chi connectivity index (χ3n) is 4.31. The van der Waals surface area contributed by atoms with E-state index in [0.717, 1.165) is 17.4 Å². The molecule has 126 valence electrons. The summed E-state index contributed by atoms with van der Waals surface area (Å²) in [5.74, 6) is -0.690. The number of amides is 1. The van der Waals surface area contributed by atoms with E-state index in [0.29, 0.717) is 18.5 Å². The molecule has 2 unspecified atom stereocenters. The molecule has 1 fully saturated rings. The minimum Gasteiger partial charge on any atom is -0.325 e. The summed E-state index contributed by atoms with van der Waals surface area (Å²) in [7, 11) is 0. The van der Waals surface area contributed by atoms with E-state index in [2.05, 4.69) is 0 Å². The van der Waals surface area contributed by atoms with Crippen molar-refractivity contribution in [3.8, 4) is 0 Å². The van der Waals surface area contributed by atoms with Crippen LogP contribution in [0.5, 0.6) is 0 Å². The third kappa shape index (κ3) is 3.31. The number of halogens is 2. The Labute approximate surface area is 144 Å². The first-order chi connectivity index (χ1) is 11.6. The molecule has 0 aromatic heterocycles. The van der Waals surface area contributed by atoms with Crippen molar-refractivity contribution in [2.24, 2.45) is 0 Å². The molecule has 2 nitrogen and oxygen atoms in total. The number of benzene rings is 2. The molecule has 1 saturated heterocycles. The first-order valence-electron chi connectivity index (χ1n) is 8.03. The Morgan fingerprint density at radius 1 is 1.25 bits per heavy atom. The highest BCUT2D eigenvalue weighted by Crippen LogP contribution is 2.41. The van der Waals surface area contributed by atoms with Crippen LogP contribution >= 0.6 is 11.8 Å². The van der Waals surface area contributed by atoms with E-state index in [4.69, 9.17) is 0 Å². The van der Waals surface area contributed by atoms with E-state index in [-0.39, 0.29) is 11.8 Å². The van der Waals surface area contributed by atoms with Gasteiger partial charge in [-0.1, -0.05) is 43.3 Å². The zero-order valence-electron chi connectivity index (χ0n) is 13.4. The fourth-order valence-electron chi connectivity index (χ4n) is 3.09. The molecule has 0 N–H and O–H groups in total. The number of nitrogens with zero attached hydrogens (tertiary/aromatic N) is 1. The molecule has 1 aliphatic rings. The van der Waals surface area contributed by atoms with Crippen LogP contribution < -0.4 is 0 Å². The second kappa shape index (κ2) is 7.34. The Hall–Kier alpha value is -1.88. The molecule has 0 bridgehead atoms. The number of carbonyl (C=O) groups is 1. The highest BCUT2D eigenvalue weighted by molar-refractivity contribution is 7.99. The summed E-state index contributed by atoms with van der Waals surface area (Å²) in [6.45, 7) is 2.56. The van der Waals surface area contributed by atoms with Gasteiger partial charge in [0.15, 0.2) is 0 Å². The van der Waals surface area contributed by atoms with Crippen LogP contribution in [0.25, 0.3) is 0 Å². The van der Waals surface area contributed by atoms with Gasteiger partial charge in [0.25, 0.3) is 0 Å².